The molecule has 4 N–H and O–H groups in total. The third-order valence-electron chi connectivity index (χ3n) is 3.81. The van der Waals surface area contributed by atoms with E-state index in [1.807, 2.05) is 18.9 Å². The van der Waals surface area contributed by atoms with Crippen LogP contribution < -0.4 is 10.5 Å². The average molecular weight is 305 g/mol. The van der Waals surface area contributed by atoms with E-state index in [1.165, 1.54) is 7.11 Å². The summed E-state index contributed by atoms with van der Waals surface area (Å²) in [4.78, 5) is 4.03. The van der Waals surface area contributed by atoms with Crippen LogP contribution in [0.3, 0.4) is 0 Å². The van der Waals surface area contributed by atoms with E-state index in [-0.39, 0.29) is 11.9 Å². The maximum Gasteiger partial charge on any atom is 0.291 e. The lowest BCUT2D eigenvalue weighted by Crippen LogP contribution is -2.48. The van der Waals surface area contributed by atoms with Gasteiger partial charge in [0, 0.05) is 31.7 Å². The summed E-state index contributed by atoms with van der Waals surface area (Å²) in [5.41, 5.74) is 7.75. The zero-order valence-electron chi connectivity index (χ0n) is 13.3. The second-order valence-electron chi connectivity index (χ2n) is 5.44. The topological polar surface area (TPSA) is 98.7 Å². The largest absolute Gasteiger partial charge is 0.495 e. The molecule has 120 valence electrons. The Morgan fingerprint density at radius 1 is 1.18 bits per heavy atom. The van der Waals surface area contributed by atoms with Crippen molar-refractivity contribution in [2.24, 2.45) is 0 Å². The molecule has 0 bridgehead atoms. The molecule has 0 aromatic heterocycles. The Morgan fingerprint density at radius 2 is 1.82 bits per heavy atom. The normalized spacial score (nSPS) is 15.5. The van der Waals surface area contributed by atoms with Crippen LogP contribution in [0.15, 0.2) is 12.1 Å². The van der Waals surface area contributed by atoms with Crippen LogP contribution in [0.5, 0.6) is 5.75 Å². The first-order valence-corrected chi connectivity index (χ1v) is 7.15. The van der Waals surface area contributed by atoms with Gasteiger partial charge >= 0.3 is 0 Å². The first-order valence-electron chi connectivity index (χ1n) is 7.15. The van der Waals surface area contributed by atoms with Gasteiger partial charge in [-0.15, -0.1) is 0 Å². The van der Waals surface area contributed by atoms with Crippen LogP contribution in [0.25, 0.3) is 0 Å². The molecule has 2 rings (SSSR count). The Balaban J connectivity index is 2.07. The lowest BCUT2D eigenvalue weighted by Gasteiger charge is -2.33. The molecule has 1 aliphatic heterocycles. The maximum atomic E-state index is 8.10. The molecule has 1 aliphatic rings. The first kappa shape index (κ1) is 16.1. The highest BCUT2D eigenvalue weighted by Gasteiger charge is 2.20. The molecule has 0 amide bonds. The second kappa shape index (κ2) is 6.65. The van der Waals surface area contributed by atoms with E-state index in [1.54, 1.807) is 12.1 Å². The van der Waals surface area contributed by atoms with Crippen LogP contribution in [-0.4, -0.2) is 62.1 Å². The van der Waals surface area contributed by atoms with Gasteiger partial charge in [-0.25, -0.2) is 0 Å². The number of hydrogen-bond acceptors (Lipinski definition) is 6. The third kappa shape index (κ3) is 3.48. The highest BCUT2D eigenvalue weighted by atomic mass is 16.5. The molecule has 1 aromatic rings. The molecule has 1 saturated heterocycles. The molecule has 1 heterocycles. The summed E-state index contributed by atoms with van der Waals surface area (Å²) in [6.07, 6.45) is 0. The number of nitrogens with one attached hydrogen (secondary N) is 2. The summed E-state index contributed by atoms with van der Waals surface area (Å²) in [7, 11) is 3.58. The number of likely N-dealkylation sites (N-methyl/N-ethyl adjacent to an activating group) is 1. The van der Waals surface area contributed by atoms with Crippen molar-refractivity contribution < 1.29 is 9.47 Å². The zero-order chi connectivity index (χ0) is 16.3. The molecule has 0 unspecified atom stereocenters. The Kier molecular flexibility index (Phi) is 4.87. The molecular weight excluding hydrogens is 282 g/mol. The fourth-order valence-electron chi connectivity index (χ4n) is 2.36. The van der Waals surface area contributed by atoms with Crippen molar-refractivity contribution >= 4 is 17.6 Å². The van der Waals surface area contributed by atoms with E-state index < -0.39 is 0 Å². The predicted octanol–water partition coefficient (Wildman–Crippen LogP) is 1.11. The van der Waals surface area contributed by atoms with E-state index >= 15 is 0 Å². The molecule has 0 atom stereocenters. The Bertz CT molecular complexity index is 580. The van der Waals surface area contributed by atoms with Crippen molar-refractivity contribution in [1.82, 2.24) is 9.80 Å². The Labute approximate surface area is 130 Å². The minimum atomic E-state index is -0.0697. The number of anilines is 1. The van der Waals surface area contributed by atoms with Gasteiger partial charge in [-0.1, -0.05) is 0 Å². The van der Waals surface area contributed by atoms with Crippen LogP contribution in [-0.2, 0) is 4.74 Å². The number of nitrogens with two attached hydrogens (primary N) is 1. The molecule has 1 fully saturated rings. The van der Waals surface area contributed by atoms with Crippen LogP contribution >= 0.6 is 0 Å². The minimum absolute atomic E-state index is 0.00768. The molecule has 0 saturated carbocycles. The van der Waals surface area contributed by atoms with Crippen molar-refractivity contribution in [3.05, 3.63) is 23.3 Å². The van der Waals surface area contributed by atoms with Crippen molar-refractivity contribution in [3.63, 3.8) is 0 Å². The third-order valence-corrected chi connectivity index (χ3v) is 3.81. The fraction of sp³-hybridized carbons (Fsp3) is 0.467. The van der Waals surface area contributed by atoms with Crippen LogP contribution in [0, 0.1) is 17.7 Å². The van der Waals surface area contributed by atoms with E-state index in [0.29, 0.717) is 17.0 Å². The number of piperazine rings is 1. The summed E-state index contributed by atoms with van der Waals surface area (Å²) in [5.74, 6) is 0.430. The molecule has 0 radical (unpaired) electrons. The average Bonchev–Trinajstić information content (AvgIpc) is 2.47. The summed E-state index contributed by atoms with van der Waals surface area (Å²) in [5, 5.41) is 16.1. The van der Waals surface area contributed by atoms with Crippen LogP contribution in [0.1, 0.15) is 11.1 Å². The molecule has 1 aromatic carbocycles. The van der Waals surface area contributed by atoms with Gasteiger partial charge in [-0.05, 0) is 31.7 Å². The lowest BCUT2D eigenvalue weighted by molar-refractivity contribution is 0.194. The summed E-state index contributed by atoms with van der Waals surface area (Å²) < 4.78 is 10.6. The first-order chi connectivity index (χ1) is 10.4. The smallest absolute Gasteiger partial charge is 0.291 e. The zero-order valence-corrected chi connectivity index (χ0v) is 13.3. The SMILES string of the molecule is COc1cc(C(=N)OC(=N)N2CCN(C)CC2)c(C)cc1N. The number of nitrogens with zero attached hydrogens (tertiary/aromatic N) is 2. The summed E-state index contributed by atoms with van der Waals surface area (Å²) in [6.45, 7) is 5.07. The quantitative estimate of drug-likeness (QED) is 0.432. The van der Waals surface area contributed by atoms with Gasteiger partial charge in [0.2, 0.25) is 5.90 Å². The molecule has 0 aliphatic carbocycles. The van der Waals surface area contributed by atoms with Crippen LogP contribution in [0.4, 0.5) is 5.69 Å². The van der Waals surface area contributed by atoms with Crippen molar-refractivity contribution in [2.45, 2.75) is 6.92 Å². The van der Waals surface area contributed by atoms with Crippen molar-refractivity contribution in [1.29, 1.82) is 10.8 Å². The lowest BCUT2D eigenvalue weighted by atomic mass is 10.1. The molecule has 22 heavy (non-hydrogen) atoms. The Morgan fingerprint density at radius 3 is 2.41 bits per heavy atom. The predicted molar refractivity (Wildman–Crippen MR) is 86.9 cm³/mol. The Hall–Kier alpha value is -2.28. The van der Waals surface area contributed by atoms with Crippen molar-refractivity contribution in [2.75, 3.05) is 46.1 Å². The number of benzene rings is 1. The number of aryl methyl sites for hydroxylation is 1. The molecular formula is C15H23N5O2. The second-order valence-corrected chi connectivity index (χ2v) is 5.44. The number of ether oxygens (including phenoxy) is 2. The van der Waals surface area contributed by atoms with Crippen LogP contribution in [0.2, 0.25) is 0 Å². The van der Waals surface area contributed by atoms with E-state index in [0.717, 1.165) is 31.7 Å². The maximum absolute atomic E-state index is 8.10. The van der Waals surface area contributed by atoms with E-state index in [4.69, 9.17) is 26.0 Å². The highest BCUT2D eigenvalue weighted by molar-refractivity contribution is 6.00. The monoisotopic (exact) mass is 305 g/mol. The molecule has 7 heteroatoms. The van der Waals surface area contributed by atoms with E-state index in [2.05, 4.69) is 4.90 Å². The highest BCUT2D eigenvalue weighted by Crippen LogP contribution is 2.26. The van der Waals surface area contributed by atoms with Gasteiger partial charge in [0.15, 0.2) is 0 Å². The van der Waals surface area contributed by atoms with Gasteiger partial charge in [-0.2, -0.15) is 0 Å². The number of rotatable bonds is 2. The van der Waals surface area contributed by atoms with Crippen molar-refractivity contribution in [3.8, 4) is 5.75 Å². The molecule has 7 nitrogen and oxygen atoms in total. The van der Waals surface area contributed by atoms with Gasteiger partial charge in [-0.3, -0.25) is 10.8 Å². The van der Waals surface area contributed by atoms with Gasteiger partial charge in [0.1, 0.15) is 5.75 Å². The van der Waals surface area contributed by atoms with Gasteiger partial charge in [0.05, 0.1) is 12.8 Å². The minimum Gasteiger partial charge on any atom is -0.495 e. The van der Waals surface area contributed by atoms with E-state index in [9.17, 15) is 0 Å². The number of amidine groups is 1. The number of methoxy groups -OCH3 is 1. The fourth-order valence-corrected chi connectivity index (χ4v) is 2.36. The van der Waals surface area contributed by atoms with Gasteiger partial charge < -0.3 is 25.0 Å². The summed E-state index contributed by atoms with van der Waals surface area (Å²) >= 11 is 0. The summed E-state index contributed by atoms with van der Waals surface area (Å²) in [6, 6.07) is 3.42. The van der Waals surface area contributed by atoms with Gasteiger partial charge in [0.25, 0.3) is 6.02 Å². The standard InChI is InChI=1S/C15H23N5O2/c1-10-8-12(16)13(21-3)9-11(10)14(17)22-15(18)20-6-4-19(2)5-7-20/h8-9,17-18H,4-7,16H2,1-3H3. The number of nitrogen functional groups attached to an aromatic ring is 1. The molecule has 0 spiro atoms. The number of hydrogen-bond donors (Lipinski definition) is 3.